The Morgan fingerprint density at radius 2 is 2.00 bits per heavy atom. The molecule has 1 N–H and O–H groups in total. The van der Waals surface area contributed by atoms with Crippen molar-refractivity contribution in [1.82, 2.24) is 24.1 Å². The zero-order chi connectivity index (χ0) is 19.4. The van der Waals surface area contributed by atoms with Crippen LogP contribution in [0.4, 0.5) is 0 Å². The van der Waals surface area contributed by atoms with Gasteiger partial charge in [0, 0.05) is 25.9 Å². The van der Waals surface area contributed by atoms with Crippen LogP contribution in [-0.2, 0) is 23.6 Å². The number of ether oxygens (including phenoxy) is 1. The van der Waals surface area contributed by atoms with Gasteiger partial charge in [-0.1, -0.05) is 12.1 Å². The van der Waals surface area contributed by atoms with Crippen molar-refractivity contribution in [2.75, 3.05) is 13.7 Å². The van der Waals surface area contributed by atoms with Crippen molar-refractivity contribution in [3.63, 3.8) is 0 Å². The fraction of sp³-hybridized carbons (Fsp3) is 0.235. The summed E-state index contributed by atoms with van der Waals surface area (Å²) in [6.07, 6.45) is 1.61. The summed E-state index contributed by atoms with van der Waals surface area (Å²) in [5.41, 5.74) is 0.212. The number of nitrogens with one attached hydrogen (secondary N) is 1. The van der Waals surface area contributed by atoms with Gasteiger partial charge in [-0.2, -0.15) is 0 Å². The molecule has 0 unspecified atom stereocenters. The van der Waals surface area contributed by atoms with Crippen LogP contribution < -0.4 is 15.1 Å². The molecule has 142 valence electrons. The molecular formula is C17H19N5O4S. The SMILES string of the molecule is COc1cccc(S(=O)(=O)NCCn2nc(-c3ccccn3)n(C)c2=O)c1. The Morgan fingerprint density at radius 3 is 2.70 bits per heavy atom. The minimum absolute atomic E-state index is 0.0120. The normalized spacial score (nSPS) is 11.5. The van der Waals surface area contributed by atoms with Gasteiger partial charge in [0.2, 0.25) is 10.0 Å². The van der Waals surface area contributed by atoms with E-state index < -0.39 is 10.0 Å². The number of rotatable bonds is 7. The molecule has 0 bridgehead atoms. The van der Waals surface area contributed by atoms with E-state index in [4.69, 9.17) is 4.74 Å². The lowest BCUT2D eigenvalue weighted by molar-refractivity contribution is 0.413. The lowest BCUT2D eigenvalue weighted by Gasteiger charge is -2.07. The Balaban J connectivity index is 1.73. The second-order valence-electron chi connectivity index (χ2n) is 5.68. The van der Waals surface area contributed by atoms with Gasteiger partial charge in [-0.25, -0.2) is 22.6 Å². The number of hydrogen-bond donors (Lipinski definition) is 1. The van der Waals surface area contributed by atoms with Crippen molar-refractivity contribution in [2.24, 2.45) is 7.05 Å². The highest BCUT2D eigenvalue weighted by Gasteiger charge is 2.16. The summed E-state index contributed by atoms with van der Waals surface area (Å²) >= 11 is 0. The van der Waals surface area contributed by atoms with E-state index in [0.29, 0.717) is 17.3 Å². The third-order valence-corrected chi connectivity index (χ3v) is 5.36. The summed E-state index contributed by atoms with van der Waals surface area (Å²) in [6, 6.07) is 11.5. The van der Waals surface area contributed by atoms with E-state index in [2.05, 4.69) is 14.8 Å². The molecule has 0 fully saturated rings. The maximum atomic E-state index is 12.4. The second kappa shape index (κ2) is 7.72. The van der Waals surface area contributed by atoms with Crippen LogP contribution in [0.1, 0.15) is 0 Å². The van der Waals surface area contributed by atoms with Gasteiger partial charge in [-0.3, -0.25) is 9.55 Å². The van der Waals surface area contributed by atoms with Crippen LogP contribution in [-0.4, -0.2) is 41.4 Å². The smallest absolute Gasteiger partial charge is 0.346 e. The third-order valence-electron chi connectivity index (χ3n) is 3.90. The lowest BCUT2D eigenvalue weighted by atomic mass is 10.3. The maximum absolute atomic E-state index is 12.4. The fourth-order valence-electron chi connectivity index (χ4n) is 2.49. The molecule has 0 saturated carbocycles. The molecule has 2 heterocycles. The topological polar surface area (TPSA) is 108 Å². The average molecular weight is 389 g/mol. The van der Waals surface area contributed by atoms with Crippen LogP contribution >= 0.6 is 0 Å². The average Bonchev–Trinajstić information content (AvgIpc) is 2.97. The lowest BCUT2D eigenvalue weighted by Crippen LogP contribution is -2.31. The minimum Gasteiger partial charge on any atom is -0.497 e. The molecule has 3 rings (SSSR count). The zero-order valence-corrected chi connectivity index (χ0v) is 15.7. The van der Waals surface area contributed by atoms with Gasteiger partial charge >= 0.3 is 5.69 Å². The van der Waals surface area contributed by atoms with Crippen molar-refractivity contribution in [1.29, 1.82) is 0 Å². The molecule has 3 aromatic rings. The van der Waals surface area contributed by atoms with Gasteiger partial charge in [0.05, 0.1) is 18.6 Å². The van der Waals surface area contributed by atoms with Crippen molar-refractivity contribution in [3.8, 4) is 17.3 Å². The molecule has 0 spiro atoms. The Morgan fingerprint density at radius 1 is 1.19 bits per heavy atom. The van der Waals surface area contributed by atoms with Crippen LogP contribution in [0.5, 0.6) is 5.75 Å². The summed E-state index contributed by atoms with van der Waals surface area (Å²) in [4.78, 5) is 16.6. The quantitative estimate of drug-likeness (QED) is 0.635. The van der Waals surface area contributed by atoms with Gasteiger partial charge in [0.1, 0.15) is 11.4 Å². The summed E-state index contributed by atoms with van der Waals surface area (Å²) in [6.45, 7) is 0.0980. The van der Waals surface area contributed by atoms with Crippen LogP contribution in [0.3, 0.4) is 0 Å². The van der Waals surface area contributed by atoms with Gasteiger partial charge in [0.15, 0.2) is 5.82 Å². The molecule has 2 aromatic heterocycles. The fourth-order valence-corrected chi connectivity index (χ4v) is 3.54. The Labute approximate surface area is 156 Å². The summed E-state index contributed by atoms with van der Waals surface area (Å²) in [5.74, 6) is 0.857. The molecule has 0 aliphatic carbocycles. The van der Waals surface area contributed by atoms with Crippen LogP contribution in [0.2, 0.25) is 0 Å². The van der Waals surface area contributed by atoms with E-state index in [1.165, 1.54) is 28.5 Å². The van der Waals surface area contributed by atoms with Gasteiger partial charge in [0.25, 0.3) is 0 Å². The van der Waals surface area contributed by atoms with Gasteiger partial charge in [-0.05, 0) is 24.3 Å². The first kappa shape index (κ1) is 18.8. The first-order chi connectivity index (χ1) is 12.9. The number of hydrogen-bond acceptors (Lipinski definition) is 6. The van der Waals surface area contributed by atoms with E-state index in [-0.39, 0.29) is 23.7 Å². The van der Waals surface area contributed by atoms with E-state index in [1.54, 1.807) is 43.6 Å². The Kier molecular flexibility index (Phi) is 5.38. The maximum Gasteiger partial charge on any atom is 0.346 e. The summed E-state index contributed by atoms with van der Waals surface area (Å²) in [7, 11) is -0.666. The highest BCUT2D eigenvalue weighted by molar-refractivity contribution is 7.89. The monoisotopic (exact) mass is 389 g/mol. The van der Waals surface area contributed by atoms with Crippen molar-refractivity contribution >= 4 is 10.0 Å². The second-order valence-corrected chi connectivity index (χ2v) is 7.45. The van der Waals surface area contributed by atoms with E-state index in [0.717, 1.165) is 0 Å². The number of aromatic nitrogens is 4. The highest BCUT2D eigenvalue weighted by atomic mass is 32.2. The predicted molar refractivity (Wildman–Crippen MR) is 98.9 cm³/mol. The Bertz CT molecular complexity index is 1090. The van der Waals surface area contributed by atoms with Crippen molar-refractivity contribution < 1.29 is 13.2 Å². The predicted octanol–water partition coefficient (Wildman–Crippen LogP) is 0.631. The molecule has 27 heavy (non-hydrogen) atoms. The van der Waals surface area contributed by atoms with Crippen molar-refractivity contribution in [3.05, 3.63) is 59.1 Å². The standard InChI is InChI=1S/C17H19N5O4S/c1-21-16(15-8-3-4-9-18-15)20-22(17(21)23)11-10-19-27(24,25)14-7-5-6-13(12-14)26-2/h3-9,12,19H,10-11H2,1-2H3. The molecule has 0 aliphatic rings. The molecule has 0 saturated heterocycles. The van der Waals surface area contributed by atoms with Gasteiger partial charge in [-0.15, -0.1) is 5.10 Å². The molecule has 0 atom stereocenters. The highest BCUT2D eigenvalue weighted by Crippen LogP contribution is 2.16. The zero-order valence-electron chi connectivity index (χ0n) is 14.9. The van der Waals surface area contributed by atoms with E-state index in [1.807, 2.05) is 0 Å². The van der Waals surface area contributed by atoms with Crippen molar-refractivity contribution in [2.45, 2.75) is 11.4 Å². The first-order valence-electron chi connectivity index (χ1n) is 8.11. The molecule has 10 heteroatoms. The number of methoxy groups -OCH3 is 1. The molecule has 9 nitrogen and oxygen atoms in total. The van der Waals surface area contributed by atoms with Gasteiger partial charge < -0.3 is 4.74 Å². The third kappa shape index (κ3) is 4.07. The van der Waals surface area contributed by atoms with E-state index >= 15 is 0 Å². The molecule has 0 amide bonds. The number of pyridine rings is 1. The minimum atomic E-state index is -3.72. The molecular weight excluding hydrogens is 370 g/mol. The molecule has 0 radical (unpaired) electrons. The summed E-state index contributed by atoms with van der Waals surface area (Å²) < 4.78 is 34.8. The van der Waals surface area contributed by atoms with Crippen LogP contribution in [0.15, 0.2) is 58.4 Å². The number of sulfonamides is 1. The number of benzene rings is 1. The summed E-state index contributed by atoms with van der Waals surface area (Å²) in [5, 5.41) is 4.25. The molecule has 0 aliphatic heterocycles. The van der Waals surface area contributed by atoms with Crippen LogP contribution in [0.25, 0.3) is 11.5 Å². The number of nitrogens with zero attached hydrogens (tertiary/aromatic N) is 4. The van der Waals surface area contributed by atoms with E-state index in [9.17, 15) is 13.2 Å². The largest absolute Gasteiger partial charge is 0.497 e. The molecule has 1 aromatic carbocycles. The Hall–Kier alpha value is -2.98. The van der Waals surface area contributed by atoms with Crippen LogP contribution in [0, 0.1) is 0 Å². The first-order valence-corrected chi connectivity index (χ1v) is 9.59.